The average Bonchev–Trinajstić information content (AvgIpc) is 3.24. The number of hydrogen-bond donors (Lipinski definition) is 2. The van der Waals surface area contributed by atoms with E-state index in [9.17, 15) is 9.59 Å². The van der Waals surface area contributed by atoms with Crippen LogP contribution < -0.4 is 15.4 Å². The van der Waals surface area contributed by atoms with Gasteiger partial charge in [-0.25, -0.2) is 0 Å². The van der Waals surface area contributed by atoms with Gasteiger partial charge in [0.15, 0.2) is 0 Å². The summed E-state index contributed by atoms with van der Waals surface area (Å²) in [5.74, 6) is 0.404. The molecule has 8 heteroatoms. The van der Waals surface area contributed by atoms with Gasteiger partial charge in [-0.1, -0.05) is 6.07 Å². The monoisotopic (exact) mass is 389 g/mol. The summed E-state index contributed by atoms with van der Waals surface area (Å²) in [4.78, 5) is 27.6. The molecule has 2 N–H and O–H groups in total. The fourth-order valence-corrected chi connectivity index (χ4v) is 3.41. The lowest BCUT2D eigenvalue weighted by Gasteiger charge is -2.27. The number of carbonyl (C=O) groups excluding carboxylic acids is 2. The highest BCUT2D eigenvalue weighted by Crippen LogP contribution is 2.26. The number of amides is 2. The van der Waals surface area contributed by atoms with Gasteiger partial charge in [0.05, 0.1) is 39.1 Å². The van der Waals surface area contributed by atoms with Crippen molar-refractivity contribution >= 4 is 28.8 Å². The molecule has 0 aliphatic carbocycles. The zero-order valence-corrected chi connectivity index (χ0v) is 16.0. The molecule has 1 fully saturated rings. The summed E-state index contributed by atoms with van der Waals surface area (Å²) in [5.41, 5.74) is 1.17. The topological polar surface area (TPSA) is 79.9 Å². The van der Waals surface area contributed by atoms with E-state index < -0.39 is 0 Å². The molecule has 0 spiro atoms. The fraction of sp³-hybridized carbons (Fsp3) is 0.368. The molecule has 27 heavy (non-hydrogen) atoms. The Bertz CT molecular complexity index is 773. The van der Waals surface area contributed by atoms with Gasteiger partial charge in [-0.05, 0) is 29.6 Å². The van der Waals surface area contributed by atoms with Crippen molar-refractivity contribution in [1.29, 1.82) is 0 Å². The number of morpholine rings is 1. The van der Waals surface area contributed by atoms with E-state index in [1.165, 1.54) is 0 Å². The molecule has 1 aromatic heterocycles. The summed E-state index contributed by atoms with van der Waals surface area (Å²) in [5, 5.41) is 7.90. The van der Waals surface area contributed by atoms with E-state index >= 15 is 0 Å². The number of rotatable bonds is 7. The van der Waals surface area contributed by atoms with Crippen molar-refractivity contribution in [2.45, 2.75) is 6.54 Å². The van der Waals surface area contributed by atoms with Gasteiger partial charge >= 0.3 is 0 Å². The molecule has 0 saturated carbocycles. The highest BCUT2D eigenvalue weighted by molar-refractivity contribution is 7.09. The number of thiophene rings is 1. The number of nitrogens with one attached hydrogen (secondary N) is 2. The van der Waals surface area contributed by atoms with Crippen molar-refractivity contribution in [3.8, 4) is 5.75 Å². The summed E-state index contributed by atoms with van der Waals surface area (Å²) in [6.07, 6.45) is 0. The molecule has 1 aromatic carbocycles. The Morgan fingerprint density at radius 3 is 2.78 bits per heavy atom. The third kappa shape index (κ3) is 5.21. The van der Waals surface area contributed by atoms with Crippen molar-refractivity contribution in [3.63, 3.8) is 0 Å². The van der Waals surface area contributed by atoms with E-state index in [4.69, 9.17) is 9.47 Å². The molecule has 0 atom stereocenters. The summed E-state index contributed by atoms with van der Waals surface area (Å²) >= 11 is 1.60. The Labute approximate surface area is 162 Å². The first-order chi connectivity index (χ1) is 13.2. The first kappa shape index (κ1) is 19.2. The van der Waals surface area contributed by atoms with Crippen LogP contribution in [0.25, 0.3) is 0 Å². The van der Waals surface area contributed by atoms with Crippen LogP contribution in [-0.2, 0) is 16.1 Å². The molecule has 2 heterocycles. The second kappa shape index (κ2) is 9.38. The lowest BCUT2D eigenvalue weighted by molar-refractivity contribution is -0.119. The van der Waals surface area contributed by atoms with Crippen molar-refractivity contribution in [2.24, 2.45) is 0 Å². The number of benzene rings is 1. The van der Waals surface area contributed by atoms with Crippen LogP contribution in [0.15, 0.2) is 35.7 Å². The molecule has 1 saturated heterocycles. The maximum absolute atomic E-state index is 12.6. The van der Waals surface area contributed by atoms with Gasteiger partial charge in [0.25, 0.3) is 5.91 Å². The normalized spacial score (nSPS) is 13.9. The molecule has 1 aliphatic heterocycles. The van der Waals surface area contributed by atoms with Crippen LogP contribution in [-0.4, -0.2) is 56.7 Å². The predicted octanol–water partition coefficient (Wildman–Crippen LogP) is 1.96. The molecule has 1 aliphatic rings. The van der Waals surface area contributed by atoms with Crippen LogP contribution in [0.2, 0.25) is 0 Å². The molecule has 144 valence electrons. The van der Waals surface area contributed by atoms with Crippen LogP contribution >= 0.6 is 11.3 Å². The Morgan fingerprint density at radius 1 is 1.26 bits per heavy atom. The molecular weight excluding hydrogens is 366 g/mol. The Morgan fingerprint density at radius 2 is 2.07 bits per heavy atom. The Hall–Kier alpha value is -2.58. The zero-order chi connectivity index (χ0) is 19.1. The molecule has 7 nitrogen and oxygen atoms in total. The molecule has 2 amide bonds. The quantitative estimate of drug-likeness (QED) is 0.757. The third-order valence-electron chi connectivity index (χ3n) is 4.22. The number of carbonyl (C=O) groups is 2. The number of hydrogen-bond acceptors (Lipinski definition) is 6. The van der Waals surface area contributed by atoms with Gasteiger partial charge in [0.2, 0.25) is 5.91 Å². The summed E-state index contributed by atoms with van der Waals surface area (Å²) in [7, 11) is 1.56. The molecule has 0 unspecified atom stereocenters. The molecular formula is C19H23N3O4S. The van der Waals surface area contributed by atoms with E-state index in [1.54, 1.807) is 41.5 Å². The molecule has 0 radical (unpaired) electrons. The third-order valence-corrected chi connectivity index (χ3v) is 5.10. The number of ether oxygens (including phenoxy) is 2. The van der Waals surface area contributed by atoms with E-state index in [2.05, 4.69) is 10.6 Å². The predicted molar refractivity (Wildman–Crippen MR) is 104 cm³/mol. The lowest BCUT2D eigenvalue weighted by atomic mass is 10.1. The maximum Gasteiger partial charge on any atom is 0.254 e. The number of methoxy groups -OCH3 is 1. The standard InChI is InChI=1S/C19H23N3O4S/c1-25-17-5-4-14(19(24)22-6-8-26-9-7-22)11-16(17)20-13-18(23)21-12-15-3-2-10-27-15/h2-5,10-11,20H,6-9,12-13H2,1H3,(H,21,23). The van der Waals surface area contributed by atoms with Gasteiger partial charge < -0.3 is 25.0 Å². The van der Waals surface area contributed by atoms with Gasteiger partial charge in [-0.15, -0.1) is 11.3 Å². The molecule has 0 bridgehead atoms. The maximum atomic E-state index is 12.6. The SMILES string of the molecule is COc1ccc(C(=O)N2CCOCC2)cc1NCC(=O)NCc1cccs1. The highest BCUT2D eigenvalue weighted by atomic mass is 32.1. The number of nitrogens with zero attached hydrogens (tertiary/aromatic N) is 1. The van der Waals surface area contributed by atoms with Gasteiger partial charge in [0.1, 0.15) is 5.75 Å². The van der Waals surface area contributed by atoms with Crippen LogP contribution in [0, 0.1) is 0 Å². The summed E-state index contributed by atoms with van der Waals surface area (Å²) in [6.45, 7) is 2.87. The van der Waals surface area contributed by atoms with E-state index in [0.29, 0.717) is 49.8 Å². The smallest absolute Gasteiger partial charge is 0.254 e. The first-order valence-electron chi connectivity index (χ1n) is 8.75. The Balaban J connectivity index is 1.61. The van der Waals surface area contributed by atoms with Gasteiger partial charge in [-0.3, -0.25) is 9.59 Å². The molecule has 3 rings (SSSR count). The van der Waals surface area contributed by atoms with E-state index in [1.807, 2.05) is 17.5 Å². The summed E-state index contributed by atoms with van der Waals surface area (Å²) < 4.78 is 10.6. The second-order valence-electron chi connectivity index (χ2n) is 6.03. The van der Waals surface area contributed by atoms with E-state index in [0.717, 1.165) is 4.88 Å². The minimum atomic E-state index is -0.129. The van der Waals surface area contributed by atoms with E-state index in [-0.39, 0.29) is 18.4 Å². The van der Waals surface area contributed by atoms with Crippen LogP contribution in [0.5, 0.6) is 5.75 Å². The number of anilines is 1. The summed E-state index contributed by atoms with van der Waals surface area (Å²) in [6, 6.07) is 9.12. The zero-order valence-electron chi connectivity index (χ0n) is 15.2. The van der Waals surface area contributed by atoms with Gasteiger partial charge in [-0.2, -0.15) is 0 Å². The molecule has 2 aromatic rings. The van der Waals surface area contributed by atoms with Crippen LogP contribution in [0.1, 0.15) is 15.2 Å². The Kier molecular flexibility index (Phi) is 6.67. The van der Waals surface area contributed by atoms with Crippen molar-refractivity contribution < 1.29 is 19.1 Å². The lowest BCUT2D eigenvalue weighted by Crippen LogP contribution is -2.40. The van der Waals surface area contributed by atoms with Crippen LogP contribution in [0.4, 0.5) is 5.69 Å². The van der Waals surface area contributed by atoms with Crippen molar-refractivity contribution in [3.05, 3.63) is 46.2 Å². The van der Waals surface area contributed by atoms with Gasteiger partial charge in [0, 0.05) is 23.5 Å². The minimum Gasteiger partial charge on any atom is -0.495 e. The van der Waals surface area contributed by atoms with Crippen LogP contribution in [0.3, 0.4) is 0 Å². The van der Waals surface area contributed by atoms with Crippen molar-refractivity contribution in [2.75, 3.05) is 45.3 Å². The second-order valence-corrected chi connectivity index (χ2v) is 7.06. The highest BCUT2D eigenvalue weighted by Gasteiger charge is 2.19. The largest absolute Gasteiger partial charge is 0.495 e. The minimum absolute atomic E-state index is 0.0499. The average molecular weight is 389 g/mol. The first-order valence-corrected chi connectivity index (χ1v) is 9.63. The fourth-order valence-electron chi connectivity index (χ4n) is 2.77. The van der Waals surface area contributed by atoms with Crippen molar-refractivity contribution in [1.82, 2.24) is 10.2 Å².